The number of nitro benzene ring substituents is 1. The maximum absolute atomic E-state index is 12.8. The number of nitrogens with one attached hydrogen (secondary N) is 2. The number of benzene rings is 3. The quantitative estimate of drug-likeness (QED) is 0.151. The molecule has 0 bridgehead atoms. The van der Waals surface area contributed by atoms with Gasteiger partial charge in [-0.05, 0) is 68.8 Å². The Balaban J connectivity index is 1.48. The summed E-state index contributed by atoms with van der Waals surface area (Å²) >= 11 is 1.21. The number of nitrogens with zero attached hydrogens (tertiary/aromatic N) is 4. The summed E-state index contributed by atoms with van der Waals surface area (Å²) < 4.78 is 7.21. The second-order valence-electron chi connectivity index (χ2n) is 8.81. The highest BCUT2D eigenvalue weighted by molar-refractivity contribution is 7.99. The maximum Gasteiger partial charge on any atom is 0.273 e. The van der Waals surface area contributed by atoms with Crippen molar-refractivity contribution in [3.8, 4) is 11.4 Å². The number of amides is 2. The van der Waals surface area contributed by atoms with Crippen LogP contribution in [-0.4, -0.2) is 43.9 Å². The van der Waals surface area contributed by atoms with Gasteiger partial charge in [0, 0.05) is 28.6 Å². The summed E-state index contributed by atoms with van der Waals surface area (Å²) in [7, 11) is 0. The average Bonchev–Trinajstić information content (AvgIpc) is 3.34. The second kappa shape index (κ2) is 12.9. The fourth-order valence-corrected chi connectivity index (χ4v) is 4.64. The number of aromatic nitrogens is 3. The van der Waals surface area contributed by atoms with Crippen molar-refractivity contribution in [2.24, 2.45) is 0 Å². The van der Waals surface area contributed by atoms with Gasteiger partial charge in [-0.3, -0.25) is 24.3 Å². The Morgan fingerprint density at radius 1 is 1.05 bits per heavy atom. The van der Waals surface area contributed by atoms with Crippen LogP contribution in [0.15, 0.2) is 71.9 Å². The third-order valence-corrected chi connectivity index (χ3v) is 6.75. The molecule has 0 fully saturated rings. The lowest BCUT2D eigenvalue weighted by molar-refractivity contribution is -0.385. The molecule has 0 aliphatic carbocycles. The van der Waals surface area contributed by atoms with Crippen LogP contribution in [0.25, 0.3) is 5.69 Å². The lowest BCUT2D eigenvalue weighted by Crippen LogP contribution is -2.25. The molecule has 1 aromatic heterocycles. The summed E-state index contributed by atoms with van der Waals surface area (Å²) in [6.45, 7) is 6.04. The Hall–Kier alpha value is -4.71. The molecule has 0 aliphatic rings. The van der Waals surface area contributed by atoms with Crippen LogP contribution < -0.4 is 15.4 Å². The first kappa shape index (κ1) is 28.3. The minimum absolute atomic E-state index is 0.0143. The summed E-state index contributed by atoms with van der Waals surface area (Å²) in [6, 6.07) is 19.1. The molecule has 0 spiro atoms. The molecular formula is C28H28N6O5S. The highest BCUT2D eigenvalue weighted by Crippen LogP contribution is 2.24. The van der Waals surface area contributed by atoms with Crippen LogP contribution in [0.2, 0.25) is 0 Å². The topological polar surface area (TPSA) is 141 Å². The molecule has 40 heavy (non-hydrogen) atoms. The SMILES string of the molecule is CCOc1ccc(NC(=O)CSc2nnc(CNC(=O)c3ccc(C)c([N+](=O)[O-])c3)n2-c2cccc(C)c2)cc1. The van der Waals surface area contributed by atoms with Crippen LogP contribution in [0.5, 0.6) is 5.75 Å². The molecule has 206 valence electrons. The number of rotatable bonds is 11. The fraction of sp³-hybridized carbons (Fsp3) is 0.214. The molecule has 0 saturated heterocycles. The number of hydrogen-bond donors (Lipinski definition) is 2. The third-order valence-electron chi connectivity index (χ3n) is 5.82. The fourth-order valence-electron chi connectivity index (χ4n) is 3.87. The van der Waals surface area contributed by atoms with E-state index in [1.54, 1.807) is 35.8 Å². The van der Waals surface area contributed by atoms with Gasteiger partial charge in [-0.15, -0.1) is 10.2 Å². The van der Waals surface area contributed by atoms with Crippen molar-refractivity contribution in [2.75, 3.05) is 17.7 Å². The molecule has 0 atom stereocenters. The number of hydrogen-bond acceptors (Lipinski definition) is 8. The van der Waals surface area contributed by atoms with E-state index in [-0.39, 0.29) is 29.5 Å². The van der Waals surface area contributed by atoms with E-state index in [1.165, 1.54) is 30.0 Å². The van der Waals surface area contributed by atoms with E-state index in [2.05, 4.69) is 20.8 Å². The molecule has 11 nitrogen and oxygen atoms in total. The van der Waals surface area contributed by atoms with Crippen LogP contribution in [0.1, 0.15) is 34.2 Å². The third kappa shape index (κ3) is 7.03. The van der Waals surface area contributed by atoms with Crippen LogP contribution in [0.4, 0.5) is 11.4 Å². The predicted octanol–water partition coefficient (Wildman–Crippen LogP) is 4.85. The van der Waals surface area contributed by atoms with Crippen LogP contribution >= 0.6 is 11.8 Å². The number of nitro groups is 1. The molecular weight excluding hydrogens is 532 g/mol. The van der Waals surface area contributed by atoms with Gasteiger partial charge in [-0.1, -0.05) is 30.0 Å². The smallest absolute Gasteiger partial charge is 0.273 e. The number of thioether (sulfide) groups is 1. The number of carbonyl (C=O) groups excluding carboxylic acids is 2. The van der Waals surface area contributed by atoms with Crippen LogP contribution in [-0.2, 0) is 11.3 Å². The Morgan fingerprint density at radius 2 is 1.82 bits per heavy atom. The largest absolute Gasteiger partial charge is 0.494 e. The van der Waals surface area contributed by atoms with Crippen molar-refractivity contribution < 1.29 is 19.2 Å². The van der Waals surface area contributed by atoms with E-state index in [0.29, 0.717) is 28.8 Å². The maximum atomic E-state index is 12.8. The first-order valence-electron chi connectivity index (χ1n) is 12.4. The van der Waals surface area contributed by atoms with Gasteiger partial charge in [0.2, 0.25) is 5.91 Å². The molecule has 0 radical (unpaired) electrons. The number of carbonyl (C=O) groups is 2. The minimum atomic E-state index is -0.518. The second-order valence-corrected chi connectivity index (χ2v) is 9.75. The zero-order valence-corrected chi connectivity index (χ0v) is 23.0. The zero-order valence-electron chi connectivity index (χ0n) is 22.2. The molecule has 0 unspecified atom stereocenters. The summed E-state index contributed by atoms with van der Waals surface area (Å²) in [5, 5.41) is 25.9. The van der Waals surface area contributed by atoms with Crippen LogP contribution in [0, 0.1) is 24.0 Å². The van der Waals surface area contributed by atoms with Crippen molar-refractivity contribution in [2.45, 2.75) is 32.5 Å². The number of anilines is 1. The first-order valence-corrected chi connectivity index (χ1v) is 13.4. The van der Waals surface area contributed by atoms with E-state index in [9.17, 15) is 19.7 Å². The van der Waals surface area contributed by atoms with E-state index in [0.717, 1.165) is 17.0 Å². The lowest BCUT2D eigenvalue weighted by atomic mass is 10.1. The summed E-state index contributed by atoms with van der Waals surface area (Å²) in [4.78, 5) is 36.2. The van der Waals surface area contributed by atoms with E-state index in [1.807, 2.05) is 38.1 Å². The van der Waals surface area contributed by atoms with Crippen molar-refractivity contribution in [3.05, 3.63) is 99.4 Å². The standard InChI is InChI=1S/C28H28N6O5S/c1-4-39-23-12-10-21(11-13-23)30-26(35)17-40-28-32-31-25(33(28)22-7-5-6-18(2)14-22)16-29-27(36)20-9-8-19(3)24(15-20)34(37)38/h5-15H,4,16-17H2,1-3H3,(H,29,36)(H,30,35). The Labute approximate surface area is 235 Å². The monoisotopic (exact) mass is 560 g/mol. The van der Waals surface area contributed by atoms with E-state index in [4.69, 9.17) is 4.74 Å². The molecule has 4 rings (SSSR count). The minimum Gasteiger partial charge on any atom is -0.494 e. The van der Waals surface area contributed by atoms with Gasteiger partial charge in [-0.25, -0.2) is 0 Å². The van der Waals surface area contributed by atoms with Crippen molar-refractivity contribution >= 4 is 35.0 Å². The van der Waals surface area contributed by atoms with Crippen molar-refractivity contribution in [1.82, 2.24) is 20.1 Å². The molecule has 3 aromatic carbocycles. The van der Waals surface area contributed by atoms with Gasteiger partial charge < -0.3 is 15.4 Å². The lowest BCUT2D eigenvalue weighted by Gasteiger charge is -2.12. The molecule has 12 heteroatoms. The van der Waals surface area contributed by atoms with Crippen molar-refractivity contribution in [1.29, 1.82) is 0 Å². The Morgan fingerprint density at radius 3 is 2.52 bits per heavy atom. The number of aryl methyl sites for hydroxylation is 2. The van der Waals surface area contributed by atoms with E-state index >= 15 is 0 Å². The molecule has 0 saturated carbocycles. The van der Waals surface area contributed by atoms with Gasteiger partial charge in [0.15, 0.2) is 11.0 Å². The van der Waals surface area contributed by atoms with Gasteiger partial charge in [0.05, 0.1) is 23.8 Å². The molecule has 2 N–H and O–H groups in total. The summed E-state index contributed by atoms with van der Waals surface area (Å²) in [5.41, 5.74) is 2.94. The number of ether oxygens (including phenoxy) is 1. The highest BCUT2D eigenvalue weighted by atomic mass is 32.2. The van der Waals surface area contributed by atoms with Crippen LogP contribution in [0.3, 0.4) is 0 Å². The normalized spacial score (nSPS) is 10.7. The van der Waals surface area contributed by atoms with E-state index < -0.39 is 10.8 Å². The van der Waals surface area contributed by atoms with Gasteiger partial charge in [-0.2, -0.15) is 0 Å². The first-order chi connectivity index (χ1) is 19.2. The van der Waals surface area contributed by atoms with Gasteiger partial charge in [0.25, 0.3) is 11.6 Å². The Bertz CT molecular complexity index is 1540. The Kier molecular flexibility index (Phi) is 9.12. The average molecular weight is 561 g/mol. The highest BCUT2D eigenvalue weighted by Gasteiger charge is 2.19. The van der Waals surface area contributed by atoms with Gasteiger partial charge >= 0.3 is 0 Å². The molecule has 4 aromatic rings. The predicted molar refractivity (Wildman–Crippen MR) is 152 cm³/mol. The molecule has 1 heterocycles. The van der Waals surface area contributed by atoms with Gasteiger partial charge in [0.1, 0.15) is 5.75 Å². The summed E-state index contributed by atoms with van der Waals surface area (Å²) in [6.07, 6.45) is 0. The molecule has 2 amide bonds. The van der Waals surface area contributed by atoms with Crippen molar-refractivity contribution in [3.63, 3.8) is 0 Å². The zero-order chi connectivity index (χ0) is 28.6. The molecule has 0 aliphatic heterocycles. The summed E-state index contributed by atoms with van der Waals surface area (Å²) in [5.74, 6) is 0.544.